The molecule has 0 aliphatic carbocycles. The molecule has 0 bridgehead atoms. The van der Waals surface area contributed by atoms with E-state index in [1.54, 1.807) is 6.20 Å². The number of nitrogens with two attached hydrogens (primary N) is 1. The summed E-state index contributed by atoms with van der Waals surface area (Å²) in [6.45, 7) is 5.18. The number of thioether (sulfide) groups is 1. The van der Waals surface area contributed by atoms with Crippen LogP contribution in [0.4, 0.5) is 5.82 Å². The second kappa shape index (κ2) is 7.80. The Morgan fingerprint density at radius 3 is 2.94 bits per heavy atom. The van der Waals surface area contributed by atoms with E-state index in [4.69, 9.17) is 17.3 Å². The van der Waals surface area contributed by atoms with Gasteiger partial charge < -0.3 is 11.1 Å². The fraction of sp³-hybridized carbons (Fsp3) is 0.583. The van der Waals surface area contributed by atoms with E-state index >= 15 is 0 Å². The van der Waals surface area contributed by atoms with E-state index in [-0.39, 0.29) is 6.04 Å². The molecule has 1 rings (SSSR count). The highest BCUT2D eigenvalue weighted by atomic mass is 35.5. The molecule has 0 saturated carbocycles. The molecule has 96 valence electrons. The third-order valence-electron chi connectivity index (χ3n) is 2.38. The summed E-state index contributed by atoms with van der Waals surface area (Å²) in [7, 11) is 0. The second-order valence-electron chi connectivity index (χ2n) is 3.81. The lowest BCUT2D eigenvalue weighted by Gasteiger charge is -2.19. The van der Waals surface area contributed by atoms with Gasteiger partial charge in [0.1, 0.15) is 5.82 Å². The highest BCUT2D eigenvalue weighted by Gasteiger charge is 2.14. The first-order valence-corrected chi connectivity index (χ1v) is 7.44. The van der Waals surface area contributed by atoms with Crippen LogP contribution in [0.25, 0.3) is 0 Å². The molecule has 1 unspecified atom stereocenters. The standard InChI is InChI=1S/C12H20ClN3S/c1-3-5-17-8-11(15-4-2)10-6-9(13)7-16-12(10)14/h6-7,11,15H,3-5,8H2,1-2H3,(H2,14,16). The molecule has 0 saturated heterocycles. The number of nitrogens with zero attached hydrogens (tertiary/aromatic N) is 1. The summed E-state index contributed by atoms with van der Waals surface area (Å²) in [5.41, 5.74) is 6.91. The van der Waals surface area contributed by atoms with Crippen molar-refractivity contribution in [3.63, 3.8) is 0 Å². The zero-order chi connectivity index (χ0) is 12.7. The van der Waals surface area contributed by atoms with Crippen molar-refractivity contribution in [1.29, 1.82) is 0 Å². The fourth-order valence-electron chi connectivity index (χ4n) is 1.60. The fourth-order valence-corrected chi connectivity index (χ4v) is 2.75. The topological polar surface area (TPSA) is 50.9 Å². The first-order valence-electron chi connectivity index (χ1n) is 5.91. The lowest BCUT2D eigenvalue weighted by Crippen LogP contribution is -2.24. The van der Waals surface area contributed by atoms with Crippen LogP contribution in [-0.4, -0.2) is 23.0 Å². The smallest absolute Gasteiger partial charge is 0.128 e. The Morgan fingerprint density at radius 1 is 1.53 bits per heavy atom. The van der Waals surface area contributed by atoms with Crippen LogP contribution >= 0.6 is 23.4 Å². The molecule has 0 aliphatic heterocycles. The quantitative estimate of drug-likeness (QED) is 0.750. The van der Waals surface area contributed by atoms with E-state index in [1.807, 2.05) is 17.8 Å². The average Bonchev–Trinajstić information content (AvgIpc) is 2.32. The van der Waals surface area contributed by atoms with Gasteiger partial charge in [-0.05, 0) is 24.8 Å². The molecule has 0 aliphatic rings. The summed E-state index contributed by atoms with van der Waals surface area (Å²) in [5, 5.41) is 4.06. The zero-order valence-electron chi connectivity index (χ0n) is 10.4. The van der Waals surface area contributed by atoms with Gasteiger partial charge in [0.05, 0.1) is 5.02 Å². The summed E-state index contributed by atoms with van der Waals surface area (Å²) in [6, 6.07) is 2.13. The SMILES string of the molecule is CCCSCC(NCC)c1cc(Cl)cnc1N. The number of anilines is 1. The maximum Gasteiger partial charge on any atom is 0.128 e. The predicted octanol–water partition coefficient (Wildman–Crippen LogP) is 3.11. The van der Waals surface area contributed by atoms with Crippen molar-refractivity contribution < 1.29 is 0 Å². The summed E-state index contributed by atoms with van der Waals surface area (Å²) < 4.78 is 0. The number of hydrogen-bond donors (Lipinski definition) is 2. The number of aromatic nitrogens is 1. The van der Waals surface area contributed by atoms with Crippen molar-refractivity contribution in [2.45, 2.75) is 26.3 Å². The highest BCUT2D eigenvalue weighted by Crippen LogP contribution is 2.25. The zero-order valence-corrected chi connectivity index (χ0v) is 11.9. The van der Waals surface area contributed by atoms with Crippen molar-refractivity contribution in [1.82, 2.24) is 10.3 Å². The molecular formula is C12H20ClN3S. The van der Waals surface area contributed by atoms with Gasteiger partial charge in [-0.25, -0.2) is 4.98 Å². The van der Waals surface area contributed by atoms with Gasteiger partial charge in [-0.2, -0.15) is 11.8 Å². The molecule has 0 amide bonds. The van der Waals surface area contributed by atoms with Crippen LogP contribution in [0.15, 0.2) is 12.3 Å². The van der Waals surface area contributed by atoms with E-state index in [0.717, 1.165) is 23.6 Å². The number of hydrogen-bond acceptors (Lipinski definition) is 4. The number of pyridine rings is 1. The minimum Gasteiger partial charge on any atom is -0.383 e. The molecular weight excluding hydrogens is 254 g/mol. The van der Waals surface area contributed by atoms with Crippen molar-refractivity contribution in [2.75, 3.05) is 23.8 Å². The highest BCUT2D eigenvalue weighted by molar-refractivity contribution is 7.99. The van der Waals surface area contributed by atoms with Gasteiger partial charge in [-0.15, -0.1) is 0 Å². The van der Waals surface area contributed by atoms with Gasteiger partial charge in [0.15, 0.2) is 0 Å². The maximum atomic E-state index is 5.97. The first kappa shape index (κ1) is 14.6. The molecule has 3 nitrogen and oxygen atoms in total. The Bertz CT molecular complexity index is 347. The number of halogens is 1. The third-order valence-corrected chi connectivity index (χ3v) is 3.85. The minimum absolute atomic E-state index is 0.225. The lowest BCUT2D eigenvalue weighted by molar-refractivity contribution is 0.606. The summed E-state index contributed by atoms with van der Waals surface area (Å²) in [4.78, 5) is 4.11. The van der Waals surface area contributed by atoms with Crippen LogP contribution < -0.4 is 11.1 Å². The summed E-state index contributed by atoms with van der Waals surface area (Å²) >= 11 is 7.89. The summed E-state index contributed by atoms with van der Waals surface area (Å²) in [6.07, 6.45) is 2.77. The number of nitrogen functional groups attached to an aromatic ring is 1. The van der Waals surface area contributed by atoms with Gasteiger partial charge >= 0.3 is 0 Å². The molecule has 0 fully saturated rings. The van der Waals surface area contributed by atoms with Crippen molar-refractivity contribution in [3.8, 4) is 0 Å². The average molecular weight is 274 g/mol. The van der Waals surface area contributed by atoms with Crippen molar-refractivity contribution >= 4 is 29.2 Å². The number of rotatable bonds is 7. The largest absolute Gasteiger partial charge is 0.383 e. The Balaban J connectivity index is 2.77. The predicted molar refractivity (Wildman–Crippen MR) is 77.7 cm³/mol. The van der Waals surface area contributed by atoms with Crippen LogP contribution in [-0.2, 0) is 0 Å². The first-order chi connectivity index (χ1) is 8.19. The Kier molecular flexibility index (Phi) is 6.70. The molecule has 3 N–H and O–H groups in total. The lowest BCUT2D eigenvalue weighted by atomic mass is 10.1. The van der Waals surface area contributed by atoms with Crippen LogP contribution in [0, 0.1) is 0 Å². The maximum absolute atomic E-state index is 5.97. The molecule has 0 aromatic carbocycles. The number of nitrogens with one attached hydrogen (secondary N) is 1. The molecule has 1 aromatic heterocycles. The van der Waals surface area contributed by atoms with E-state index in [1.165, 1.54) is 6.42 Å². The van der Waals surface area contributed by atoms with E-state index < -0.39 is 0 Å². The van der Waals surface area contributed by atoms with Crippen LogP contribution in [0.5, 0.6) is 0 Å². The van der Waals surface area contributed by atoms with Crippen LogP contribution in [0.1, 0.15) is 31.9 Å². The van der Waals surface area contributed by atoms with E-state index in [2.05, 4.69) is 24.1 Å². The van der Waals surface area contributed by atoms with Crippen molar-refractivity contribution in [3.05, 3.63) is 22.8 Å². The molecule has 17 heavy (non-hydrogen) atoms. The Labute approximate surface area is 113 Å². The molecule has 1 atom stereocenters. The molecule has 1 aromatic rings. The minimum atomic E-state index is 0.225. The van der Waals surface area contributed by atoms with Crippen molar-refractivity contribution in [2.24, 2.45) is 0 Å². The normalized spacial score (nSPS) is 12.6. The monoisotopic (exact) mass is 273 g/mol. The van der Waals surface area contributed by atoms with Gasteiger partial charge in [0.25, 0.3) is 0 Å². The van der Waals surface area contributed by atoms with Gasteiger partial charge in [0, 0.05) is 23.6 Å². The second-order valence-corrected chi connectivity index (χ2v) is 5.40. The van der Waals surface area contributed by atoms with Gasteiger partial charge in [-0.3, -0.25) is 0 Å². The Morgan fingerprint density at radius 2 is 2.29 bits per heavy atom. The van der Waals surface area contributed by atoms with E-state index in [0.29, 0.717) is 10.8 Å². The van der Waals surface area contributed by atoms with Crippen LogP contribution in [0.3, 0.4) is 0 Å². The summed E-state index contributed by atoms with van der Waals surface area (Å²) in [5.74, 6) is 2.72. The molecule has 5 heteroatoms. The van der Waals surface area contributed by atoms with E-state index in [9.17, 15) is 0 Å². The molecule has 0 radical (unpaired) electrons. The van der Waals surface area contributed by atoms with Crippen LogP contribution in [0.2, 0.25) is 5.02 Å². The van der Waals surface area contributed by atoms with Gasteiger partial charge in [0.2, 0.25) is 0 Å². The molecule has 1 heterocycles. The third kappa shape index (κ3) is 4.74. The Hall–Kier alpha value is -0.450. The molecule has 0 spiro atoms. The van der Waals surface area contributed by atoms with Gasteiger partial charge in [-0.1, -0.05) is 25.4 Å².